The van der Waals surface area contributed by atoms with Crippen LogP contribution in [-0.4, -0.2) is 62.1 Å². The number of morpholine rings is 1. The SMILES string of the molecule is CN(C)CC[C@@H]1CN(C(=O)c2ccc(Cl)c(F)c2)CCO1. The van der Waals surface area contributed by atoms with Gasteiger partial charge in [0.2, 0.25) is 0 Å². The Bertz CT molecular complexity index is 510. The van der Waals surface area contributed by atoms with Crippen molar-refractivity contribution in [2.24, 2.45) is 0 Å². The molecular weight excluding hydrogens is 295 g/mol. The van der Waals surface area contributed by atoms with Crippen LogP contribution in [0.5, 0.6) is 0 Å². The number of benzene rings is 1. The van der Waals surface area contributed by atoms with Gasteiger partial charge in [-0.15, -0.1) is 0 Å². The van der Waals surface area contributed by atoms with E-state index in [0.717, 1.165) is 13.0 Å². The predicted octanol–water partition coefficient (Wildman–Crippen LogP) is 2.27. The summed E-state index contributed by atoms with van der Waals surface area (Å²) >= 11 is 5.64. The van der Waals surface area contributed by atoms with Crippen LogP contribution in [0, 0.1) is 5.82 Å². The third-order valence-corrected chi connectivity index (χ3v) is 3.80. The molecule has 1 aliphatic heterocycles. The fourth-order valence-electron chi connectivity index (χ4n) is 2.29. The Kier molecular flexibility index (Phi) is 5.56. The van der Waals surface area contributed by atoms with Crippen LogP contribution >= 0.6 is 11.6 Å². The molecule has 21 heavy (non-hydrogen) atoms. The molecule has 4 nitrogen and oxygen atoms in total. The lowest BCUT2D eigenvalue weighted by molar-refractivity contribution is -0.0269. The summed E-state index contributed by atoms with van der Waals surface area (Å²) in [5.41, 5.74) is 0.324. The van der Waals surface area contributed by atoms with Crippen LogP contribution in [0.25, 0.3) is 0 Å². The van der Waals surface area contributed by atoms with E-state index in [2.05, 4.69) is 4.90 Å². The first-order valence-electron chi connectivity index (χ1n) is 6.98. The zero-order valence-electron chi connectivity index (χ0n) is 12.3. The number of hydrogen-bond donors (Lipinski definition) is 0. The van der Waals surface area contributed by atoms with E-state index in [1.807, 2.05) is 14.1 Å². The smallest absolute Gasteiger partial charge is 0.254 e. The Balaban J connectivity index is 1.99. The van der Waals surface area contributed by atoms with Gasteiger partial charge in [0.15, 0.2) is 0 Å². The van der Waals surface area contributed by atoms with Crippen molar-refractivity contribution in [1.82, 2.24) is 9.80 Å². The van der Waals surface area contributed by atoms with Crippen molar-refractivity contribution in [1.29, 1.82) is 0 Å². The molecule has 0 aromatic heterocycles. The summed E-state index contributed by atoms with van der Waals surface area (Å²) < 4.78 is 19.1. The summed E-state index contributed by atoms with van der Waals surface area (Å²) in [4.78, 5) is 16.2. The Morgan fingerprint density at radius 2 is 2.29 bits per heavy atom. The summed E-state index contributed by atoms with van der Waals surface area (Å²) in [6.45, 7) is 2.49. The third kappa shape index (κ3) is 4.40. The summed E-state index contributed by atoms with van der Waals surface area (Å²) in [5.74, 6) is -0.747. The van der Waals surface area contributed by atoms with Gasteiger partial charge in [0.25, 0.3) is 5.91 Å². The van der Waals surface area contributed by atoms with Crippen LogP contribution in [0.4, 0.5) is 4.39 Å². The van der Waals surface area contributed by atoms with Crippen molar-refractivity contribution >= 4 is 17.5 Å². The van der Waals surface area contributed by atoms with Gasteiger partial charge in [-0.2, -0.15) is 0 Å². The zero-order chi connectivity index (χ0) is 15.4. The summed E-state index contributed by atoms with van der Waals surface area (Å²) in [7, 11) is 4.00. The maximum atomic E-state index is 13.5. The molecule has 1 heterocycles. The Labute approximate surface area is 129 Å². The van der Waals surface area contributed by atoms with Gasteiger partial charge in [-0.1, -0.05) is 11.6 Å². The van der Waals surface area contributed by atoms with Crippen molar-refractivity contribution in [3.05, 3.63) is 34.6 Å². The van der Waals surface area contributed by atoms with Crippen LogP contribution in [0.2, 0.25) is 5.02 Å². The predicted molar refractivity (Wildman–Crippen MR) is 80.2 cm³/mol. The molecule has 2 rings (SSSR count). The Hall–Kier alpha value is -1.17. The van der Waals surface area contributed by atoms with Gasteiger partial charge < -0.3 is 14.5 Å². The molecule has 1 fully saturated rings. The number of rotatable bonds is 4. The van der Waals surface area contributed by atoms with Crippen molar-refractivity contribution in [2.45, 2.75) is 12.5 Å². The van der Waals surface area contributed by atoms with Gasteiger partial charge in [0, 0.05) is 25.2 Å². The highest BCUT2D eigenvalue weighted by Crippen LogP contribution is 2.18. The van der Waals surface area contributed by atoms with Crippen molar-refractivity contribution in [2.75, 3.05) is 40.3 Å². The molecule has 6 heteroatoms. The van der Waals surface area contributed by atoms with Gasteiger partial charge >= 0.3 is 0 Å². The lowest BCUT2D eigenvalue weighted by Crippen LogP contribution is -2.46. The monoisotopic (exact) mass is 314 g/mol. The van der Waals surface area contributed by atoms with E-state index >= 15 is 0 Å². The molecule has 0 radical (unpaired) electrons. The van der Waals surface area contributed by atoms with Gasteiger partial charge in [-0.3, -0.25) is 4.79 Å². The minimum absolute atomic E-state index is 0.0254. The van der Waals surface area contributed by atoms with Crippen LogP contribution in [-0.2, 0) is 4.74 Å². The maximum absolute atomic E-state index is 13.5. The minimum Gasteiger partial charge on any atom is -0.374 e. The molecule has 0 bridgehead atoms. The van der Waals surface area contributed by atoms with E-state index in [4.69, 9.17) is 16.3 Å². The van der Waals surface area contributed by atoms with Gasteiger partial charge in [-0.05, 0) is 38.7 Å². The molecule has 1 aromatic carbocycles. The molecule has 1 atom stereocenters. The lowest BCUT2D eigenvalue weighted by atomic mass is 10.1. The molecule has 1 aliphatic rings. The first kappa shape index (κ1) is 16.2. The standard InChI is InChI=1S/C15H20ClFN2O2/c1-18(2)6-5-12-10-19(7-8-21-12)15(20)11-3-4-13(16)14(17)9-11/h3-4,9,12H,5-8,10H2,1-2H3/t12-/m1/s1. The van der Waals surface area contributed by atoms with Crippen LogP contribution in [0.15, 0.2) is 18.2 Å². The zero-order valence-corrected chi connectivity index (χ0v) is 13.1. The number of halogens is 2. The summed E-state index contributed by atoms with van der Waals surface area (Å²) in [5, 5.41) is 0.0254. The molecule has 0 saturated carbocycles. The first-order chi connectivity index (χ1) is 9.97. The normalized spacial score (nSPS) is 19.1. The largest absolute Gasteiger partial charge is 0.374 e. The number of carbonyl (C=O) groups excluding carboxylic acids is 1. The topological polar surface area (TPSA) is 32.8 Å². The second kappa shape index (κ2) is 7.20. The second-order valence-electron chi connectivity index (χ2n) is 5.46. The molecule has 0 N–H and O–H groups in total. The maximum Gasteiger partial charge on any atom is 0.254 e. The molecule has 1 aromatic rings. The van der Waals surface area contributed by atoms with Crippen LogP contribution < -0.4 is 0 Å². The highest BCUT2D eigenvalue weighted by Gasteiger charge is 2.25. The minimum atomic E-state index is -0.570. The van der Waals surface area contributed by atoms with E-state index in [9.17, 15) is 9.18 Å². The third-order valence-electron chi connectivity index (χ3n) is 3.49. The van der Waals surface area contributed by atoms with Crippen molar-refractivity contribution in [3.8, 4) is 0 Å². The number of hydrogen-bond acceptors (Lipinski definition) is 3. The van der Waals surface area contributed by atoms with Crippen molar-refractivity contribution < 1.29 is 13.9 Å². The number of ether oxygens (including phenoxy) is 1. The lowest BCUT2D eigenvalue weighted by Gasteiger charge is -2.33. The van der Waals surface area contributed by atoms with Gasteiger partial charge in [-0.25, -0.2) is 4.39 Å². The fraction of sp³-hybridized carbons (Fsp3) is 0.533. The second-order valence-corrected chi connectivity index (χ2v) is 5.87. The van der Waals surface area contributed by atoms with Gasteiger partial charge in [0.1, 0.15) is 5.82 Å². The molecule has 0 spiro atoms. The van der Waals surface area contributed by atoms with Crippen molar-refractivity contribution in [3.63, 3.8) is 0 Å². The van der Waals surface area contributed by atoms with E-state index < -0.39 is 5.82 Å². The molecule has 116 valence electrons. The number of nitrogens with zero attached hydrogens (tertiary/aromatic N) is 2. The molecule has 0 unspecified atom stereocenters. The van der Waals surface area contributed by atoms with E-state index in [1.54, 1.807) is 11.0 Å². The number of carbonyl (C=O) groups is 1. The fourth-order valence-corrected chi connectivity index (χ4v) is 2.41. The van der Waals surface area contributed by atoms with Gasteiger partial charge in [0.05, 0.1) is 17.7 Å². The van der Waals surface area contributed by atoms with E-state index in [0.29, 0.717) is 25.3 Å². The summed E-state index contributed by atoms with van der Waals surface area (Å²) in [6.07, 6.45) is 0.897. The van der Waals surface area contributed by atoms with E-state index in [-0.39, 0.29) is 17.0 Å². The van der Waals surface area contributed by atoms with E-state index in [1.165, 1.54) is 12.1 Å². The highest BCUT2D eigenvalue weighted by atomic mass is 35.5. The average Bonchev–Trinajstić information content (AvgIpc) is 2.47. The quantitative estimate of drug-likeness (QED) is 0.855. The molecule has 1 amide bonds. The highest BCUT2D eigenvalue weighted by molar-refractivity contribution is 6.30. The Morgan fingerprint density at radius 1 is 1.52 bits per heavy atom. The number of amides is 1. The molecule has 0 aliphatic carbocycles. The summed E-state index contributed by atoms with van der Waals surface area (Å²) in [6, 6.07) is 4.15. The van der Waals surface area contributed by atoms with Crippen LogP contribution in [0.3, 0.4) is 0 Å². The first-order valence-corrected chi connectivity index (χ1v) is 7.36. The van der Waals surface area contributed by atoms with Crippen LogP contribution in [0.1, 0.15) is 16.8 Å². The molecule has 1 saturated heterocycles. The average molecular weight is 315 g/mol. The molecular formula is C15H20ClFN2O2. The Morgan fingerprint density at radius 3 is 2.95 bits per heavy atom.